The summed E-state index contributed by atoms with van der Waals surface area (Å²) in [7, 11) is 0. The molecule has 1 amide bonds. The molecular weight excluding hydrogens is 409 g/mol. The van der Waals surface area contributed by atoms with E-state index in [2.05, 4.69) is 10.3 Å². The molecule has 2 aliphatic rings. The summed E-state index contributed by atoms with van der Waals surface area (Å²) in [6.07, 6.45) is -3.04. The Labute approximate surface area is 176 Å². The number of fused-ring (bicyclic) bond motifs is 1. The third kappa shape index (κ3) is 3.51. The van der Waals surface area contributed by atoms with E-state index in [1.54, 1.807) is 13.0 Å². The van der Waals surface area contributed by atoms with Crippen LogP contribution in [0.5, 0.6) is 0 Å². The Bertz CT molecular complexity index is 1130. The van der Waals surface area contributed by atoms with Gasteiger partial charge in [0.1, 0.15) is 5.82 Å². The van der Waals surface area contributed by atoms with Gasteiger partial charge in [-0.1, -0.05) is 35.0 Å². The van der Waals surface area contributed by atoms with Gasteiger partial charge in [0.2, 0.25) is 0 Å². The number of rotatable bonds is 3. The van der Waals surface area contributed by atoms with E-state index in [9.17, 15) is 18.0 Å². The van der Waals surface area contributed by atoms with Gasteiger partial charge in [0.25, 0.3) is 5.91 Å². The largest absolute Gasteiger partial charge is 0.410 e. The Hall–Kier alpha value is -3.10. The molecule has 0 radical (unpaired) electrons. The molecule has 0 spiro atoms. The molecule has 1 saturated carbocycles. The molecule has 3 heterocycles. The minimum absolute atomic E-state index is 0.0428. The summed E-state index contributed by atoms with van der Waals surface area (Å²) in [6.45, 7) is 3.59. The molecule has 5 rings (SSSR count). The third-order valence-corrected chi connectivity index (χ3v) is 6.00. The van der Waals surface area contributed by atoms with Gasteiger partial charge in [-0.2, -0.15) is 18.3 Å². The molecule has 162 valence electrons. The summed E-state index contributed by atoms with van der Waals surface area (Å²) in [5, 5.41) is 7.99. The topological polar surface area (TPSA) is 64.2 Å². The number of aromatic nitrogens is 3. The second-order valence-corrected chi connectivity index (χ2v) is 8.40. The first-order chi connectivity index (χ1) is 14.7. The van der Waals surface area contributed by atoms with Gasteiger partial charge < -0.3 is 4.52 Å². The van der Waals surface area contributed by atoms with Crippen LogP contribution >= 0.6 is 0 Å². The Balaban J connectivity index is 1.53. The number of halogens is 3. The summed E-state index contributed by atoms with van der Waals surface area (Å²) in [4.78, 5) is 14.9. The summed E-state index contributed by atoms with van der Waals surface area (Å²) in [5.41, 5.74) is 2.35. The number of amides is 1. The second-order valence-electron chi connectivity index (χ2n) is 8.40. The zero-order chi connectivity index (χ0) is 21.9. The number of carbonyl (C=O) groups excluding carboxylic acids is 1. The van der Waals surface area contributed by atoms with E-state index in [0.717, 1.165) is 28.7 Å². The van der Waals surface area contributed by atoms with E-state index in [1.165, 1.54) is 11.0 Å². The first-order valence-electron chi connectivity index (χ1n) is 10.2. The van der Waals surface area contributed by atoms with Crippen molar-refractivity contribution in [3.05, 3.63) is 53.3 Å². The highest BCUT2D eigenvalue weighted by Gasteiger charge is 2.53. The highest BCUT2D eigenvalue weighted by atomic mass is 19.4. The van der Waals surface area contributed by atoms with Gasteiger partial charge in [0.15, 0.2) is 17.5 Å². The molecule has 0 unspecified atom stereocenters. The lowest BCUT2D eigenvalue weighted by atomic mass is 9.97. The fourth-order valence-electron chi connectivity index (χ4n) is 4.28. The van der Waals surface area contributed by atoms with Crippen LogP contribution in [0.15, 0.2) is 40.9 Å². The molecule has 1 aliphatic heterocycles. The number of hydrogen-bond acceptors (Lipinski definition) is 4. The van der Waals surface area contributed by atoms with Crippen LogP contribution in [0.4, 0.5) is 19.0 Å². The second kappa shape index (κ2) is 6.96. The first kappa shape index (κ1) is 19.8. The van der Waals surface area contributed by atoms with E-state index in [1.807, 2.05) is 31.2 Å². The minimum Gasteiger partial charge on any atom is -0.355 e. The Morgan fingerprint density at radius 2 is 1.84 bits per heavy atom. The number of aryl methyl sites for hydroxylation is 2. The highest BCUT2D eigenvalue weighted by molar-refractivity contribution is 6.05. The van der Waals surface area contributed by atoms with E-state index >= 15 is 0 Å². The SMILES string of the molecule is Cc1ccc(-c2cc(C(=O)N3c4cc(C)nn4[C@H](C(F)(F)F)C[C@@H]3C3CC3)no2)cc1. The molecule has 0 saturated heterocycles. The van der Waals surface area contributed by atoms with Gasteiger partial charge in [0, 0.05) is 23.7 Å². The molecule has 31 heavy (non-hydrogen) atoms. The normalized spacial score (nSPS) is 21.3. The van der Waals surface area contributed by atoms with Crippen molar-refractivity contribution >= 4 is 11.7 Å². The number of carbonyl (C=O) groups is 1. The predicted octanol–water partition coefficient (Wildman–Crippen LogP) is 5.09. The quantitative estimate of drug-likeness (QED) is 0.581. The number of hydrogen-bond donors (Lipinski definition) is 0. The van der Waals surface area contributed by atoms with Crippen LogP contribution in [0, 0.1) is 19.8 Å². The van der Waals surface area contributed by atoms with Gasteiger partial charge in [-0.3, -0.25) is 9.69 Å². The number of alkyl halides is 3. The molecule has 9 heteroatoms. The molecule has 0 bridgehead atoms. The fourth-order valence-corrected chi connectivity index (χ4v) is 4.28. The molecule has 3 aromatic rings. The predicted molar refractivity (Wildman–Crippen MR) is 107 cm³/mol. The average Bonchev–Trinajstić information content (AvgIpc) is 3.30. The van der Waals surface area contributed by atoms with E-state index < -0.39 is 24.2 Å². The van der Waals surface area contributed by atoms with Gasteiger partial charge in [-0.05, 0) is 39.0 Å². The van der Waals surface area contributed by atoms with Crippen molar-refractivity contribution in [3.63, 3.8) is 0 Å². The zero-order valence-corrected chi connectivity index (χ0v) is 17.1. The molecular formula is C22H21F3N4O2. The summed E-state index contributed by atoms with van der Waals surface area (Å²) in [6, 6.07) is 8.35. The molecule has 0 N–H and O–H groups in total. The number of nitrogens with zero attached hydrogens (tertiary/aromatic N) is 4. The maximum absolute atomic E-state index is 13.8. The van der Waals surface area contributed by atoms with E-state index in [4.69, 9.17) is 4.52 Å². The molecule has 1 fully saturated rings. The Morgan fingerprint density at radius 3 is 2.48 bits per heavy atom. The zero-order valence-electron chi connectivity index (χ0n) is 17.1. The Kier molecular flexibility index (Phi) is 4.46. The van der Waals surface area contributed by atoms with Gasteiger partial charge >= 0.3 is 6.18 Å². The van der Waals surface area contributed by atoms with Crippen molar-refractivity contribution in [2.24, 2.45) is 5.92 Å². The van der Waals surface area contributed by atoms with Crippen molar-refractivity contribution in [1.82, 2.24) is 14.9 Å². The summed E-state index contributed by atoms with van der Waals surface area (Å²) in [5.74, 6) is 0.163. The molecule has 6 nitrogen and oxygen atoms in total. The van der Waals surface area contributed by atoms with Gasteiger partial charge in [-0.25, -0.2) is 4.68 Å². The van der Waals surface area contributed by atoms with E-state index in [0.29, 0.717) is 11.5 Å². The van der Waals surface area contributed by atoms with Crippen molar-refractivity contribution < 1.29 is 22.5 Å². The van der Waals surface area contributed by atoms with Crippen molar-refractivity contribution in [1.29, 1.82) is 0 Å². The van der Waals surface area contributed by atoms with Crippen LogP contribution in [-0.2, 0) is 0 Å². The lowest BCUT2D eigenvalue weighted by Crippen LogP contribution is -2.50. The smallest absolute Gasteiger partial charge is 0.355 e. The summed E-state index contributed by atoms with van der Waals surface area (Å²) >= 11 is 0. The van der Waals surface area contributed by atoms with Crippen LogP contribution in [0.3, 0.4) is 0 Å². The molecule has 2 aromatic heterocycles. The van der Waals surface area contributed by atoms with Crippen LogP contribution in [0.2, 0.25) is 0 Å². The van der Waals surface area contributed by atoms with Crippen LogP contribution < -0.4 is 4.90 Å². The van der Waals surface area contributed by atoms with Gasteiger partial charge in [0.05, 0.1) is 5.69 Å². The average molecular weight is 430 g/mol. The van der Waals surface area contributed by atoms with Crippen molar-refractivity contribution in [3.8, 4) is 11.3 Å². The van der Waals surface area contributed by atoms with E-state index in [-0.39, 0.29) is 23.9 Å². The summed E-state index contributed by atoms with van der Waals surface area (Å²) < 4.78 is 47.6. The first-order valence-corrected chi connectivity index (χ1v) is 10.2. The maximum Gasteiger partial charge on any atom is 0.410 e. The van der Waals surface area contributed by atoms with Crippen molar-refractivity contribution in [2.75, 3.05) is 4.90 Å². The molecule has 1 aromatic carbocycles. The van der Waals surface area contributed by atoms with Crippen LogP contribution in [-0.4, -0.2) is 33.1 Å². The lowest BCUT2D eigenvalue weighted by Gasteiger charge is -2.40. The van der Waals surface area contributed by atoms with Crippen molar-refractivity contribution in [2.45, 2.75) is 51.4 Å². The highest BCUT2D eigenvalue weighted by Crippen LogP contribution is 2.48. The fraction of sp³-hybridized carbons (Fsp3) is 0.409. The maximum atomic E-state index is 13.8. The number of anilines is 1. The molecule has 2 atom stereocenters. The lowest BCUT2D eigenvalue weighted by molar-refractivity contribution is -0.174. The number of benzene rings is 1. The minimum atomic E-state index is -4.44. The standard InChI is InChI=1S/C22H21F3N4O2/c1-12-3-5-15(6-4-12)18-10-16(27-31-18)21(30)28-17(14-7-8-14)11-19(22(23,24)25)29-20(28)9-13(2)26-29/h3-6,9-10,14,17,19H,7-8,11H2,1-2H3/t17-,19+/m1/s1. The monoisotopic (exact) mass is 430 g/mol. The van der Waals surface area contributed by atoms with Crippen LogP contribution in [0.1, 0.15) is 47.1 Å². The third-order valence-electron chi connectivity index (χ3n) is 6.00. The van der Waals surface area contributed by atoms with Gasteiger partial charge in [-0.15, -0.1) is 0 Å². The van der Waals surface area contributed by atoms with Crippen LogP contribution in [0.25, 0.3) is 11.3 Å². The molecule has 1 aliphatic carbocycles. The Morgan fingerprint density at radius 1 is 1.13 bits per heavy atom.